The number of amides is 2. The van der Waals surface area contributed by atoms with Crippen molar-refractivity contribution >= 4 is 21.8 Å². The van der Waals surface area contributed by atoms with Crippen LogP contribution in [-0.4, -0.2) is 38.4 Å². The van der Waals surface area contributed by atoms with Crippen LogP contribution in [0.2, 0.25) is 0 Å². The second-order valence-electron chi connectivity index (χ2n) is 6.47. The predicted octanol–water partition coefficient (Wildman–Crippen LogP) is 1.02. The van der Waals surface area contributed by atoms with Gasteiger partial charge in [0.15, 0.2) is 0 Å². The second-order valence-corrected chi connectivity index (χ2v) is 8.16. The number of rotatable bonds is 6. The standard InChI is InChI=1S/C16H25N3O4S/c1-6-17-14(20)11(2)18-15(21)12-8-7-9-13(10-12)24(22,23)19-16(3,4)5/h7-11,19H,6H2,1-5H3,(H,17,20)(H,18,21)/t11-/m0/s1. The molecule has 0 aliphatic heterocycles. The molecule has 134 valence electrons. The lowest BCUT2D eigenvalue weighted by Crippen LogP contribution is -2.44. The molecule has 1 aromatic carbocycles. The average Bonchev–Trinajstić information content (AvgIpc) is 2.45. The minimum atomic E-state index is -3.74. The highest BCUT2D eigenvalue weighted by Gasteiger charge is 2.23. The van der Waals surface area contributed by atoms with Crippen molar-refractivity contribution in [2.24, 2.45) is 0 Å². The molecule has 0 bridgehead atoms. The van der Waals surface area contributed by atoms with Gasteiger partial charge in [0.05, 0.1) is 4.90 Å². The number of likely N-dealkylation sites (N-methyl/N-ethyl adjacent to an activating group) is 1. The Balaban J connectivity index is 2.96. The van der Waals surface area contributed by atoms with E-state index in [9.17, 15) is 18.0 Å². The van der Waals surface area contributed by atoms with Crippen LogP contribution in [0, 0.1) is 0 Å². The van der Waals surface area contributed by atoms with E-state index >= 15 is 0 Å². The Hall–Kier alpha value is -1.93. The molecule has 0 radical (unpaired) electrons. The number of sulfonamides is 1. The Morgan fingerprint density at radius 3 is 2.38 bits per heavy atom. The number of hydrogen-bond donors (Lipinski definition) is 3. The molecule has 0 spiro atoms. The molecule has 2 amide bonds. The van der Waals surface area contributed by atoms with Crippen LogP contribution in [0.3, 0.4) is 0 Å². The third-order valence-electron chi connectivity index (χ3n) is 2.94. The first-order valence-electron chi connectivity index (χ1n) is 7.69. The van der Waals surface area contributed by atoms with Crippen LogP contribution in [0.5, 0.6) is 0 Å². The van der Waals surface area contributed by atoms with E-state index in [-0.39, 0.29) is 16.4 Å². The van der Waals surface area contributed by atoms with Crippen LogP contribution in [0.15, 0.2) is 29.2 Å². The number of carbonyl (C=O) groups is 2. The Kier molecular flexibility index (Phi) is 6.50. The van der Waals surface area contributed by atoms with Crippen LogP contribution < -0.4 is 15.4 Å². The second kappa shape index (κ2) is 7.76. The molecule has 0 aliphatic rings. The van der Waals surface area contributed by atoms with E-state index in [1.807, 2.05) is 0 Å². The molecule has 0 fully saturated rings. The predicted molar refractivity (Wildman–Crippen MR) is 92.1 cm³/mol. The molecule has 24 heavy (non-hydrogen) atoms. The van der Waals surface area contributed by atoms with Crippen molar-refractivity contribution in [2.45, 2.75) is 51.1 Å². The van der Waals surface area contributed by atoms with Gasteiger partial charge in [-0.05, 0) is 52.8 Å². The molecule has 0 aliphatic carbocycles. The summed E-state index contributed by atoms with van der Waals surface area (Å²) in [5, 5.41) is 5.15. The third-order valence-corrected chi connectivity index (χ3v) is 4.69. The zero-order valence-electron chi connectivity index (χ0n) is 14.6. The summed E-state index contributed by atoms with van der Waals surface area (Å²) in [5.74, 6) is -0.814. The van der Waals surface area contributed by atoms with E-state index in [2.05, 4.69) is 15.4 Å². The van der Waals surface area contributed by atoms with Crippen LogP contribution in [0.1, 0.15) is 45.0 Å². The zero-order chi connectivity index (χ0) is 18.5. The van der Waals surface area contributed by atoms with Gasteiger partial charge in [0, 0.05) is 17.6 Å². The molecule has 1 atom stereocenters. The smallest absolute Gasteiger partial charge is 0.251 e. The molecule has 1 aromatic rings. The number of hydrogen-bond acceptors (Lipinski definition) is 4. The fraction of sp³-hybridized carbons (Fsp3) is 0.500. The summed E-state index contributed by atoms with van der Waals surface area (Å²) < 4.78 is 27.2. The van der Waals surface area contributed by atoms with E-state index in [1.165, 1.54) is 24.3 Å². The van der Waals surface area contributed by atoms with Gasteiger partial charge in [-0.1, -0.05) is 6.07 Å². The van der Waals surface area contributed by atoms with Gasteiger partial charge in [-0.2, -0.15) is 0 Å². The Labute approximate surface area is 143 Å². The van der Waals surface area contributed by atoms with Crippen LogP contribution in [0.4, 0.5) is 0 Å². The first kappa shape index (κ1) is 20.1. The zero-order valence-corrected chi connectivity index (χ0v) is 15.5. The van der Waals surface area contributed by atoms with E-state index in [0.29, 0.717) is 6.54 Å². The van der Waals surface area contributed by atoms with Crippen molar-refractivity contribution in [1.29, 1.82) is 0 Å². The summed E-state index contributed by atoms with van der Waals surface area (Å²) in [6.07, 6.45) is 0. The third kappa shape index (κ3) is 5.93. The van der Waals surface area contributed by atoms with E-state index < -0.39 is 27.5 Å². The van der Waals surface area contributed by atoms with Crippen molar-refractivity contribution in [3.63, 3.8) is 0 Å². The van der Waals surface area contributed by atoms with Crippen molar-refractivity contribution in [1.82, 2.24) is 15.4 Å². The highest BCUT2D eigenvalue weighted by molar-refractivity contribution is 7.89. The van der Waals surface area contributed by atoms with Crippen LogP contribution >= 0.6 is 0 Å². The Morgan fingerprint density at radius 2 is 1.83 bits per heavy atom. The molecule has 8 heteroatoms. The molecule has 0 saturated carbocycles. The highest BCUT2D eigenvalue weighted by Crippen LogP contribution is 2.14. The molecule has 7 nitrogen and oxygen atoms in total. The van der Waals surface area contributed by atoms with Gasteiger partial charge in [0.2, 0.25) is 15.9 Å². The van der Waals surface area contributed by atoms with Gasteiger partial charge in [-0.25, -0.2) is 13.1 Å². The summed E-state index contributed by atoms with van der Waals surface area (Å²) in [7, 11) is -3.74. The monoisotopic (exact) mass is 355 g/mol. The Bertz CT molecular complexity index is 708. The topological polar surface area (TPSA) is 104 Å². The number of carbonyl (C=O) groups excluding carboxylic acids is 2. The highest BCUT2D eigenvalue weighted by atomic mass is 32.2. The van der Waals surface area contributed by atoms with Gasteiger partial charge >= 0.3 is 0 Å². The maximum atomic E-state index is 12.3. The minimum Gasteiger partial charge on any atom is -0.355 e. The Morgan fingerprint density at radius 1 is 1.21 bits per heavy atom. The van der Waals surface area contributed by atoms with E-state index in [4.69, 9.17) is 0 Å². The van der Waals surface area contributed by atoms with Crippen LogP contribution in [0.25, 0.3) is 0 Å². The first-order chi connectivity index (χ1) is 11.0. The summed E-state index contributed by atoms with van der Waals surface area (Å²) in [6, 6.07) is 4.97. The first-order valence-corrected chi connectivity index (χ1v) is 9.17. The van der Waals surface area contributed by atoms with Gasteiger partial charge < -0.3 is 10.6 Å². The van der Waals surface area contributed by atoms with E-state index in [1.54, 1.807) is 34.6 Å². The molecule has 0 aromatic heterocycles. The summed E-state index contributed by atoms with van der Waals surface area (Å²) in [4.78, 5) is 23.9. The van der Waals surface area contributed by atoms with E-state index in [0.717, 1.165) is 0 Å². The fourth-order valence-electron chi connectivity index (χ4n) is 1.94. The molecular formula is C16H25N3O4S. The van der Waals surface area contributed by atoms with Crippen molar-refractivity contribution < 1.29 is 18.0 Å². The minimum absolute atomic E-state index is 0.00395. The van der Waals surface area contributed by atoms with Crippen molar-refractivity contribution in [2.75, 3.05) is 6.54 Å². The SMILES string of the molecule is CCNC(=O)[C@H](C)NC(=O)c1cccc(S(=O)(=O)NC(C)(C)C)c1. The number of nitrogens with one attached hydrogen (secondary N) is 3. The summed E-state index contributed by atoms with van der Waals surface area (Å²) in [6.45, 7) is 9.00. The lowest BCUT2D eigenvalue weighted by atomic mass is 10.1. The molecule has 0 unspecified atom stereocenters. The molecule has 1 rings (SSSR count). The van der Waals surface area contributed by atoms with Gasteiger partial charge in [0.1, 0.15) is 6.04 Å². The quantitative estimate of drug-likeness (QED) is 0.708. The molecular weight excluding hydrogens is 330 g/mol. The fourth-order valence-corrected chi connectivity index (χ4v) is 3.40. The molecule has 3 N–H and O–H groups in total. The lowest BCUT2D eigenvalue weighted by molar-refractivity contribution is -0.122. The summed E-state index contributed by atoms with van der Waals surface area (Å²) in [5.41, 5.74) is -0.466. The van der Waals surface area contributed by atoms with Crippen molar-refractivity contribution in [3.8, 4) is 0 Å². The van der Waals surface area contributed by atoms with Crippen molar-refractivity contribution in [3.05, 3.63) is 29.8 Å². The maximum absolute atomic E-state index is 12.3. The number of benzene rings is 1. The maximum Gasteiger partial charge on any atom is 0.251 e. The average molecular weight is 355 g/mol. The lowest BCUT2D eigenvalue weighted by Gasteiger charge is -2.20. The largest absolute Gasteiger partial charge is 0.355 e. The van der Waals surface area contributed by atoms with Gasteiger partial charge in [0.25, 0.3) is 5.91 Å². The van der Waals surface area contributed by atoms with Crippen LogP contribution in [-0.2, 0) is 14.8 Å². The normalized spacial score (nSPS) is 13.2. The van der Waals surface area contributed by atoms with Gasteiger partial charge in [-0.3, -0.25) is 9.59 Å². The molecule has 0 saturated heterocycles. The molecule has 0 heterocycles. The van der Waals surface area contributed by atoms with Gasteiger partial charge in [-0.15, -0.1) is 0 Å². The summed E-state index contributed by atoms with van der Waals surface area (Å²) >= 11 is 0.